The highest BCUT2D eigenvalue weighted by Crippen LogP contribution is 2.39. The molecule has 0 bridgehead atoms. The van der Waals surface area contributed by atoms with Gasteiger partial charge in [0.1, 0.15) is 67.1 Å². The number of amides is 2. The van der Waals surface area contributed by atoms with E-state index in [1.807, 2.05) is 6.08 Å². The second-order valence-corrected chi connectivity index (χ2v) is 27.9. The van der Waals surface area contributed by atoms with Gasteiger partial charge in [-0.2, -0.15) is 0 Å². The Bertz CT molecular complexity index is 2040. The number of carboxylic acid groups (broad SMARTS) is 1. The summed E-state index contributed by atoms with van der Waals surface area (Å²) in [5, 5.41) is 136. The van der Waals surface area contributed by atoms with Crippen LogP contribution in [-0.4, -0.2) is 215 Å². The minimum atomic E-state index is -3.08. The van der Waals surface area contributed by atoms with Gasteiger partial charge >= 0.3 is 5.97 Å². The first-order valence-corrected chi connectivity index (χ1v) is 38.2. The van der Waals surface area contributed by atoms with Crippen molar-refractivity contribution in [2.75, 3.05) is 26.4 Å². The predicted molar refractivity (Wildman–Crippen MR) is 371 cm³/mol. The second-order valence-electron chi connectivity index (χ2n) is 27.9. The molecule has 3 heterocycles. The Morgan fingerprint density at radius 3 is 1.40 bits per heavy atom. The number of nitrogens with one attached hydrogen (secondary N) is 2. The lowest BCUT2D eigenvalue weighted by molar-refractivity contribution is -0.386. The maximum Gasteiger partial charge on any atom is 0.364 e. The highest BCUT2D eigenvalue weighted by molar-refractivity contribution is 5.77. The van der Waals surface area contributed by atoms with Crippen molar-refractivity contribution in [3.8, 4) is 0 Å². The van der Waals surface area contributed by atoms with Gasteiger partial charge in [0, 0.05) is 19.8 Å². The number of carbonyl (C=O) groups is 3. The van der Waals surface area contributed by atoms with Crippen LogP contribution in [0.15, 0.2) is 24.3 Å². The van der Waals surface area contributed by atoms with Crippen molar-refractivity contribution >= 4 is 17.8 Å². The smallest absolute Gasteiger partial charge is 0.364 e. The van der Waals surface area contributed by atoms with Crippen molar-refractivity contribution < 1.29 is 104 Å². The molecular formula is C74H136N2O21. The molecule has 23 heteroatoms. The van der Waals surface area contributed by atoms with Gasteiger partial charge in [-0.15, -0.1) is 0 Å². The van der Waals surface area contributed by atoms with Gasteiger partial charge in [-0.25, -0.2) is 4.79 Å². The molecule has 0 saturated carbocycles. The first kappa shape index (κ1) is 88.4. The largest absolute Gasteiger partial charge is 0.477 e. The summed E-state index contributed by atoms with van der Waals surface area (Å²) in [5.41, 5.74) is 0. The van der Waals surface area contributed by atoms with Crippen molar-refractivity contribution in [3.63, 3.8) is 0 Å². The number of ether oxygens (including phenoxy) is 6. The van der Waals surface area contributed by atoms with Gasteiger partial charge < -0.3 is 100 Å². The summed E-state index contributed by atoms with van der Waals surface area (Å²) in [5.74, 6) is -6.14. The van der Waals surface area contributed by atoms with Gasteiger partial charge in [-0.3, -0.25) is 9.59 Å². The molecule has 2 amide bonds. The zero-order chi connectivity index (χ0) is 71.1. The van der Waals surface area contributed by atoms with E-state index in [1.165, 1.54) is 193 Å². The van der Waals surface area contributed by atoms with Crippen molar-refractivity contribution in [1.82, 2.24) is 10.6 Å². The standard InChI is InChI=1S/C74H136N2O21/c1-4-6-8-10-12-14-16-18-20-22-24-25-26-27-28-30-32-34-36-38-40-42-44-46-48-61(84)76-55(56(81)47-45-43-41-39-37-35-33-31-29-23-21-19-17-15-13-11-9-7-5-2)53-92-71-66(88)65(87)68(60(52-79)94-71)95-72-67(89)70(64(86)59(51-78)93-72)97-74(73(90)91)49-57(82)62(75-54(3)80)69(96-74)63(85)58(83)50-77/h27-28,45,47,55-60,62-72,77-79,81-83,85-89H,4-26,29-44,46,48-53H2,1-3H3,(H,75,80)(H,76,84)(H,90,91)/b28-27-,47-45+. The maximum absolute atomic E-state index is 13.5. The highest BCUT2D eigenvalue weighted by atomic mass is 16.8. The maximum atomic E-state index is 13.5. The molecule has 0 radical (unpaired) electrons. The van der Waals surface area contributed by atoms with E-state index in [0.29, 0.717) is 12.8 Å². The normalized spacial score (nSPS) is 27.5. The molecule has 3 aliphatic rings. The third kappa shape index (κ3) is 35.3. The van der Waals surface area contributed by atoms with Crippen LogP contribution in [-0.2, 0) is 42.8 Å². The Morgan fingerprint density at radius 2 is 0.969 bits per heavy atom. The third-order valence-corrected chi connectivity index (χ3v) is 19.4. The average Bonchev–Trinajstić information content (AvgIpc) is 0.757. The SMILES string of the molecule is CCCCCCCCCCCCCC/C=C\CCCCCCCCCCC(=O)NC(COC1OC(CO)C(OC2OC(CO)C(O)C(OC3(C(=O)O)CC(O)C(NC(C)=O)C(C(O)C(O)CO)O3)C2O)C(O)C1O)C(O)/C=C/CCCCCCCCCCCCCCCCCCC. The summed E-state index contributed by atoms with van der Waals surface area (Å²) in [4.78, 5) is 38.6. The number of aliphatic hydroxyl groups excluding tert-OH is 11. The lowest BCUT2D eigenvalue weighted by atomic mass is 9.88. The van der Waals surface area contributed by atoms with Crippen LogP contribution in [0.25, 0.3) is 0 Å². The molecule has 0 aromatic rings. The molecule has 3 aliphatic heterocycles. The summed E-state index contributed by atoms with van der Waals surface area (Å²) in [7, 11) is 0. The van der Waals surface area contributed by atoms with E-state index in [2.05, 4.69) is 36.6 Å². The molecule has 97 heavy (non-hydrogen) atoms. The number of hydrogen-bond donors (Lipinski definition) is 14. The van der Waals surface area contributed by atoms with Crippen molar-refractivity contribution in [1.29, 1.82) is 0 Å². The van der Waals surface area contributed by atoms with Crippen LogP contribution in [0, 0.1) is 0 Å². The summed E-state index contributed by atoms with van der Waals surface area (Å²) in [6.07, 6.45) is 27.8. The predicted octanol–water partition coefficient (Wildman–Crippen LogP) is 8.79. The number of carbonyl (C=O) groups excluding carboxylic acids is 2. The molecule has 568 valence electrons. The van der Waals surface area contributed by atoms with E-state index in [4.69, 9.17) is 28.4 Å². The lowest BCUT2D eigenvalue weighted by Gasteiger charge is -2.50. The molecule has 3 rings (SSSR count). The van der Waals surface area contributed by atoms with Crippen molar-refractivity contribution in [3.05, 3.63) is 24.3 Å². The lowest BCUT2D eigenvalue weighted by Crippen LogP contribution is -2.70. The molecule has 0 aliphatic carbocycles. The fourth-order valence-corrected chi connectivity index (χ4v) is 13.3. The van der Waals surface area contributed by atoms with Gasteiger partial charge in [0.15, 0.2) is 12.6 Å². The quantitative estimate of drug-likeness (QED) is 0.0200. The molecule has 0 aromatic carbocycles. The van der Waals surface area contributed by atoms with Crippen LogP contribution >= 0.6 is 0 Å². The number of rotatable bonds is 59. The van der Waals surface area contributed by atoms with Crippen LogP contribution in [0.1, 0.15) is 290 Å². The number of allylic oxidation sites excluding steroid dienone is 3. The molecule has 18 unspecified atom stereocenters. The minimum Gasteiger partial charge on any atom is -0.477 e. The number of carboxylic acids is 1. The fraction of sp³-hybridized carbons (Fsp3) is 0.905. The van der Waals surface area contributed by atoms with Crippen LogP contribution < -0.4 is 10.6 Å². The highest BCUT2D eigenvalue weighted by Gasteiger charge is 2.60. The van der Waals surface area contributed by atoms with E-state index in [0.717, 1.165) is 58.3 Å². The Kier molecular flexibility index (Phi) is 49.2. The number of aliphatic carboxylic acids is 1. The average molecular weight is 1390 g/mol. The number of unbranched alkanes of at least 4 members (excludes halogenated alkanes) is 37. The Hall–Kier alpha value is -2.79. The van der Waals surface area contributed by atoms with Crippen LogP contribution in [0.4, 0.5) is 0 Å². The van der Waals surface area contributed by atoms with E-state index >= 15 is 0 Å². The second kappa shape index (κ2) is 53.9. The van der Waals surface area contributed by atoms with Gasteiger partial charge in [0.2, 0.25) is 11.8 Å². The number of aliphatic hydroxyl groups is 11. The van der Waals surface area contributed by atoms with Crippen LogP contribution in [0.5, 0.6) is 0 Å². The molecule has 23 nitrogen and oxygen atoms in total. The van der Waals surface area contributed by atoms with Crippen molar-refractivity contribution in [2.45, 2.75) is 400 Å². The van der Waals surface area contributed by atoms with Gasteiger partial charge in [0.05, 0.1) is 50.7 Å². The van der Waals surface area contributed by atoms with Gasteiger partial charge in [0.25, 0.3) is 5.79 Å². The van der Waals surface area contributed by atoms with E-state index in [9.17, 15) is 75.7 Å². The summed E-state index contributed by atoms with van der Waals surface area (Å²) < 4.78 is 34.9. The monoisotopic (exact) mass is 1390 g/mol. The minimum absolute atomic E-state index is 0.198. The molecule has 0 spiro atoms. The first-order chi connectivity index (χ1) is 46.9. The summed E-state index contributed by atoms with van der Waals surface area (Å²) in [6.45, 7) is 2.17. The molecule has 14 N–H and O–H groups in total. The van der Waals surface area contributed by atoms with E-state index < -0.39 is 155 Å². The Balaban J connectivity index is 1.56. The van der Waals surface area contributed by atoms with Crippen molar-refractivity contribution in [2.24, 2.45) is 0 Å². The third-order valence-electron chi connectivity index (χ3n) is 19.4. The summed E-state index contributed by atoms with van der Waals surface area (Å²) >= 11 is 0. The van der Waals surface area contributed by atoms with E-state index in [1.54, 1.807) is 6.08 Å². The zero-order valence-corrected chi connectivity index (χ0v) is 59.7. The topological polar surface area (TPSA) is 373 Å². The number of hydrogen-bond acceptors (Lipinski definition) is 20. The van der Waals surface area contributed by atoms with Gasteiger partial charge in [-0.1, -0.05) is 250 Å². The van der Waals surface area contributed by atoms with Crippen LogP contribution in [0.2, 0.25) is 0 Å². The molecule has 18 atom stereocenters. The van der Waals surface area contributed by atoms with E-state index in [-0.39, 0.29) is 12.3 Å². The summed E-state index contributed by atoms with van der Waals surface area (Å²) in [6, 6.07) is -2.62. The molecular weight excluding hydrogens is 1250 g/mol. The molecule has 3 fully saturated rings. The first-order valence-electron chi connectivity index (χ1n) is 38.2. The van der Waals surface area contributed by atoms with Crippen LogP contribution in [0.3, 0.4) is 0 Å². The fourth-order valence-electron chi connectivity index (χ4n) is 13.3. The molecule has 3 saturated heterocycles. The molecule has 0 aromatic heterocycles. The zero-order valence-electron chi connectivity index (χ0n) is 59.7. The van der Waals surface area contributed by atoms with Gasteiger partial charge in [-0.05, 0) is 44.9 Å². The Morgan fingerprint density at radius 1 is 0.536 bits per heavy atom. The Labute approximate surface area is 581 Å².